The molecule has 1 N–H and O–H groups in total. The quantitative estimate of drug-likeness (QED) is 0.872. The van der Waals surface area contributed by atoms with Crippen LogP contribution in [0.5, 0.6) is 5.75 Å². The minimum absolute atomic E-state index is 0.219. The van der Waals surface area contributed by atoms with Crippen LogP contribution < -0.4 is 10.1 Å². The van der Waals surface area contributed by atoms with E-state index in [4.69, 9.17) is 4.74 Å². The zero-order valence-corrected chi connectivity index (χ0v) is 13.9. The summed E-state index contributed by atoms with van der Waals surface area (Å²) in [5.74, 6) is 1.15. The van der Waals surface area contributed by atoms with Gasteiger partial charge in [0.1, 0.15) is 15.6 Å². The molecule has 0 saturated heterocycles. The van der Waals surface area contributed by atoms with Crippen molar-refractivity contribution in [1.29, 1.82) is 0 Å². The molecule has 0 spiro atoms. The van der Waals surface area contributed by atoms with Gasteiger partial charge in [0.25, 0.3) is 0 Å². The summed E-state index contributed by atoms with van der Waals surface area (Å²) in [7, 11) is -1.19. The van der Waals surface area contributed by atoms with Crippen molar-refractivity contribution in [3.8, 4) is 5.75 Å². The highest BCUT2D eigenvalue weighted by atomic mass is 32.2. The smallest absolute Gasteiger partial charge is 0.147 e. The highest BCUT2D eigenvalue weighted by Gasteiger charge is 2.20. The van der Waals surface area contributed by atoms with Crippen LogP contribution in [0.25, 0.3) is 0 Å². The van der Waals surface area contributed by atoms with Crippen molar-refractivity contribution in [2.75, 3.05) is 19.1 Å². The maximum atomic E-state index is 11.2. The second-order valence-corrected chi connectivity index (χ2v) is 8.32. The van der Waals surface area contributed by atoms with E-state index in [1.807, 2.05) is 6.07 Å². The molecule has 0 radical (unpaired) electrons. The summed E-state index contributed by atoms with van der Waals surface area (Å²) in [4.78, 5) is 0. The SMILES string of the molecule is COc1ccc2c(c1)C[C@@H](N[C@H](C)CCS(C)(=O)=O)CC2. The summed E-state index contributed by atoms with van der Waals surface area (Å²) in [6, 6.07) is 6.92. The molecule has 1 aromatic carbocycles. The predicted octanol–water partition coefficient (Wildman–Crippen LogP) is 1.97. The van der Waals surface area contributed by atoms with Crippen molar-refractivity contribution in [2.24, 2.45) is 0 Å². The molecule has 0 unspecified atom stereocenters. The number of benzene rings is 1. The second-order valence-electron chi connectivity index (χ2n) is 6.06. The number of rotatable bonds is 6. The Hall–Kier alpha value is -1.07. The highest BCUT2D eigenvalue weighted by molar-refractivity contribution is 7.90. The van der Waals surface area contributed by atoms with Crippen molar-refractivity contribution >= 4 is 9.84 Å². The highest BCUT2D eigenvalue weighted by Crippen LogP contribution is 2.25. The molecule has 0 fully saturated rings. The molecule has 5 heteroatoms. The average molecular weight is 311 g/mol. The molecule has 0 aliphatic heterocycles. The number of sulfone groups is 1. The number of fused-ring (bicyclic) bond motifs is 1. The van der Waals surface area contributed by atoms with Gasteiger partial charge in [-0.05, 0) is 55.9 Å². The number of hydrogen-bond acceptors (Lipinski definition) is 4. The van der Waals surface area contributed by atoms with E-state index in [1.165, 1.54) is 17.4 Å². The van der Waals surface area contributed by atoms with Gasteiger partial charge in [0.2, 0.25) is 0 Å². The molecule has 1 aliphatic carbocycles. The third-order valence-corrected chi connectivity index (χ3v) is 5.06. The topological polar surface area (TPSA) is 55.4 Å². The van der Waals surface area contributed by atoms with Gasteiger partial charge in [-0.2, -0.15) is 0 Å². The average Bonchev–Trinajstić information content (AvgIpc) is 2.43. The Morgan fingerprint density at radius 2 is 2.14 bits per heavy atom. The van der Waals surface area contributed by atoms with Crippen molar-refractivity contribution < 1.29 is 13.2 Å². The Labute approximate surface area is 127 Å². The van der Waals surface area contributed by atoms with Gasteiger partial charge in [-0.1, -0.05) is 6.07 Å². The molecular weight excluding hydrogens is 286 g/mol. The first-order chi connectivity index (χ1) is 9.87. The maximum absolute atomic E-state index is 11.2. The van der Waals surface area contributed by atoms with Gasteiger partial charge >= 0.3 is 0 Å². The summed E-state index contributed by atoms with van der Waals surface area (Å²) in [5, 5.41) is 3.56. The molecule has 1 aliphatic rings. The van der Waals surface area contributed by atoms with E-state index in [2.05, 4.69) is 24.4 Å². The van der Waals surface area contributed by atoms with Crippen molar-refractivity contribution in [3.63, 3.8) is 0 Å². The van der Waals surface area contributed by atoms with Gasteiger partial charge in [-0.15, -0.1) is 0 Å². The summed E-state index contributed by atoms with van der Waals surface area (Å²) < 4.78 is 27.7. The van der Waals surface area contributed by atoms with Crippen molar-refractivity contribution in [1.82, 2.24) is 5.32 Å². The zero-order chi connectivity index (χ0) is 15.5. The van der Waals surface area contributed by atoms with Crippen LogP contribution in [0.1, 0.15) is 30.9 Å². The third kappa shape index (κ3) is 5.00. The molecule has 4 nitrogen and oxygen atoms in total. The molecule has 21 heavy (non-hydrogen) atoms. The van der Waals surface area contributed by atoms with Crippen molar-refractivity contribution in [2.45, 2.75) is 44.7 Å². The van der Waals surface area contributed by atoms with Crippen LogP contribution in [0.3, 0.4) is 0 Å². The zero-order valence-electron chi connectivity index (χ0n) is 13.1. The first-order valence-corrected chi connectivity index (χ1v) is 9.53. The lowest BCUT2D eigenvalue weighted by atomic mass is 9.87. The number of nitrogens with one attached hydrogen (secondary N) is 1. The molecular formula is C16H25NO3S. The van der Waals surface area contributed by atoms with Crippen LogP contribution in [0.2, 0.25) is 0 Å². The summed E-state index contributed by atoms with van der Waals surface area (Å²) >= 11 is 0. The Kier molecular flexibility index (Phi) is 5.27. The van der Waals surface area contributed by atoms with Gasteiger partial charge in [0.05, 0.1) is 12.9 Å². The molecule has 0 bridgehead atoms. The maximum Gasteiger partial charge on any atom is 0.147 e. The van der Waals surface area contributed by atoms with Crippen LogP contribution >= 0.6 is 0 Å². The Bertz CT molecular complexity index is 583. The summed E-state index contributed by atoms with van der Waals surface area (Å²) in [5.41, 5.74) is 2.74. The van der Waals surface area contributed by atoms with Crippen LogP contribution in [0.15, 0.2) is 18.2 Å². The number of aryl methyl sites for hydroxylation is 1. The number of methoxy groups -OCH3 is 1. The van der Waals surface area contributed by atoms with Crippen LogP contribution in [0.4, 0.5) is 0 Å². The van der Waals surface area contributed by atoms with E-state index < -0.39 is 9.84 Å². The van der Waals surface area contributed by atoms with E-state index in [9.17, 15) is 8.42 Å². The Morgan fingerprint density at radius 1 is 1.38 bits per heavy atom. The molecule has 118 valence electrons. The van der Waals surface area contributed by atoms with Gasteiger partial charge in [-0.25, -0.2) is 8.42 Å². The van der Waals surface area contributed by atoms with E-state index in [-0.39, 0.29) is 11.8 Å². The fourth-order valence-corrected chi connectivity index (χ4v) is 3.66. The lowest BCUT2D eigenvalue weighted by molar-refractivity contribution is 0.395. The second kappa shape index (κ2) is 6.79. The van der Waals surface area contributed by atoms with Crippen LogP contribution in [0, 0.1) is 0 Å². The molecule has 0 amide bonds. The largest absolute Gasteiger partial charge is 0.497 e. The lowest BCUT2D eigenvalue weighted by Gasteiger charge is -2.28. The molecule has 0 aromatic heterocycles. The monoisotopic (exact) mass is 311 g/mol. The molecule has 2 rings (SSSR count). The first-order valence-electron chi connectivity index (χ1n) is 7.47. The van der Waals surface area contributed by atoms with Gasteiger partial charge in [0, 0.05) is 18.3 Å². The predicted molar refractivity (Wildman–Crippen MR) is 85.7 cm³/mol. The Balaban J connectivity index is 1.91. The molecule has 2 atom stereocenters. The molecule has 1 aromatic rings. The van der Waals surface area contributed by atoms with E-state index in [0.717, 1.165) is 25.0 Å². The van der Waals surface area contributed by atoms with Gasteiger partial charge in [0.15, 0.2) is 0 Å². The first kappa shape index (κ1) is 16.3. The van der Waals surface area contributed by atoms with E-state index in [1.54, 1.807) is 7.11 Å². The standard InChI is InChI=1S/C16H25NO3S/c1-12(8-9-21(3,18)19)17-15-6-4-13-5-7-16(20-2)11-14(13)10-15/h5,7,11-12,15,17H,4,6,8-10H2,1-3H3/t12-,15+/m1/s1. The minimum atomic E-state index is -2.87. The Morgan fingerprint density at radius 3 is 2.81 bits per heavy atom. The third-order valence-electron chi connectivity index (χ3n) is 4.08. The lowest BCUT2D eigenvalue weighted by Crippen LogP contribution is -2.40. The normalized spacial score (nSPS) is 19.9. The fraction of sp³-hybridized carbons (Fsp3) is 0.625. The van der Waals surface area contributed by atoms with Crippen molar-refractivity contribution in [3.05, 3.63) is 29.3 Å². The summed E-state index contributed by atoms with van der Waals surface area (Å²) in [6.07, 6.45) is 5.11. The van der Waals surface area contributed by atoms with Gasteiger partial charge < -0.3 is 10.1 Å². The minimum Gasteiger partial charge on any atom is -0.497 e. The van der Waals surface area contributed by atoms with Crippen LogP contribution in [-0.4, -0.2) is 39.6 Å². The van der Waals surface area contributed by atoms with E-state index in [0.29, 0.717) is 12.5 Å². The fourth-order valence-electron chi connectivity index (χ4n) is 2.88. The summed E-state index contributed by atoms with van der Waals surface area (Å²) in [6.45, 7) is 2.06. The van der Waals surface area contributed by atoms with Gasteiger partial charge in [-0.3, -0.25) is 0 Å². The molecule has 0 heterocycles. The van der Waals surface area contributed by atoms with Crippen LogP contribution in [-0.2, 0) is 22.7 Å². The number of hydrogen-bond donors (Lipinski definition) is 1. The molecule has 0 saturated carbocycles. The number of ether oxygens (including phenoxy) is 1. The van der Waals surface area contributed by atoms with E-state index >= 15 is 0 Å².